The van der Waals surface area contributed by atoms with Gasteiger partial charge in [-0.2, -0.15) is 0 Å². The summed E-state index contributed by atoms with van der Waals surface area (Å²) in [5.41, 5.74) is 0.968. The Morgan fingerprint density at radius 2 is 2.00 bits per heavy atom. The number of amides is 1. The summed E-state index contributed by atoms with van der Waals surface area (Å²) in [5.74, 6) is -1.49. The molecule has 1 rings (SSSR count). The van der Waals surface area contributed by atoms with Gasteiger partial charge < -0.3 is 19.9 Å². The highest BCUT2D eigenvalue weighted by atomic mass is 16.5. The zero-order valence-corrected chi connectivity index (χ0v) is 10.7. The summed E-state index contributed by atoms with van der Waals surface area (Å²) in [7, 11) is 1.27. The minimum Gasteiger partial charge on any atom is -0.479 e. The number of carboxylic acids is 1. The van der Waals surface area contributed by atoms with Gasteiger partial charge in [-0.1, -0.05) is 30.3 Å². The molecule has 0 aromatic heterocycles. The van der Waals surface area contributed by atoms with Crippen molar-refractivity contribution in [2.45, 2.75) is 12.7 Å². The highest BCUT2D eigenvalue weighted by Gasteiger charge is 2.16. The summed E-state index contributed by atoms with van der Waals surface area (Å²) in [6, 6.07) is 9.45. The maximum absolute atomic E-state index is 11.4. The van der Waals surface area contributed by atoms with E-state index in [4.69, 9.17) is 9.84 Å². The lowest BCUT2D eigenvalue weighted by atomic mass is 10.2. The van der Waals surface area contributed by atoms with Crippen molar-refractivity contribution in [3.8, 4) is 0 Å². The predicted octanol–water partition coefficient (Wildman–Crippen LogP) is 0.419. The van der Waals surface area contributed by atoms with Crippen LogP contribution in [0.5, 0.6) is 0 Å². The molecule has 0 spiro atoms. The number of carbonyl (C=O) groups is 2. The molecule has 1 aromatic rings. The number of benzene rings is 1. The molecule has 0 fully saturated rings. The lowest BCUT2D eigenvalue weighted by Gasteiger charge is -2.11. The minimum atomic E-state index is -1.12. The zero-order chi connectivity index (χ0) is 14.1. The van der Waals surface area contributed by atoms with E-state index in [-0.39, 0.29) is 19.1 Å². The second-order valence-corrected chi connectivity index (χ2v) is 3.85. The molecule has 0 aliphatic carbocycles. The summed E-state index contributed by atoms with van der Waals surface area (Å²) >= 11 is 0. The molecule has 0 radical (unpaired) electrons. The molecule has 2 N–H and O–H groups in total. The predicted molar refractivity (Wildman–Crippen MR) is 67.5 cm³/mol. The normalized spacial score (nSPS) is 11.8. The molecule has 0 bridgehead atoms. The van der Waals surface area contributed by atoms with Gasteiger partial charge in [-0.3, -0.25) is 4.79 Å². The number of methoxy groups -OCH3 is 1. The molecule has 0 heterocycles. The Balaban J connectivity index is 2.19. The Bertz CT molecular complexity index is 407. The van der Waals surface area contributed by atoms with Gasteiger partial charge in [0.05, 0.1) is 13.2 Å². The Hall–Kier alpha value is -1.92. The van der Waals surface area contributed by atoms with E-state index in [9.17, 15) is 9.59 Å². The molecule has 6 heteroatoms. The summed E-state index contributed by atoms with van der Waals surface area (Å²) in [6.07, 6.45) is -1.04. The first-order chi connectivity index (χ1) is 9.13. The highest BCUT2D eigenvalue weighted by molar-refractivity contribution is 5.79. The fraction of sp³-hybridized carbons (Fsp3) is 0.385. The molecule has 1 aromatic carbocycles. The van der Waals surface area contributed by atoms with E-state index in [2.05, 4.69) is 10.1 Å². The Labute approximate surface area is 111 Å². The molecule has 0 aliphatic rings. The molecule has 104 valence electrons. The van der Waals surface area contributed by atoms with Gasteiger partial charge in [-0.05, 0) is 5.56 Å². The van der Waals surface area contributed by atoms with Crippen LogP contribution in [0.25, 0.3) is 0 Å². The maximum Gasteiger partial charge on any atom is 0.334 e. The van der Waals surface area contributed by atoms with E-state index in [0.717, 1.165) is 5.56 Å². The van der Waals surface area contributed by atoms with Crippen molar-refractivity contribution < 1.29 is 24.2 Å². The summed E-state index contributed by atoms with van der Waals surface area (Å²) in [4.78, 5) is 22.0. The first kappa shape index (κ1) is 15.1. The maximum atomic E-state index is 11.4. The fourth-order valence-electron chi connectivity index (χ4n) is 1.36. The summed E-state index contributed by atoms with van der Waals surface area (Å²) in [5, 5.41) is 11.1. The van der Waals surface area contributed by atoms with E-state index in [1.165, 1.54) is 7.11 Å². The molecule has 1 atom stereocenters. The molecule has 0 saturated carbocycles. The van der Waals surface area contributed by atoms with Crippen LogP contribution in [0.1, 0.15) is 5.56 Å². The van der Waals surface area contributed by atoms with Gasteiger partial charge >= 0.3 is 5.97 Å². The molecule has 0 saturated heterocycles. The molecule has 6 nitrogen and oxygen atoms in total. The number of carboxylic acid groups (broad SMARTS) is 1. The van der Waals surface area contributed by atoms with Crippen LogP contribution in [-0.2, 0) is 25.7 Å². The monoisotopic (exact) mass is 267 g/mol. The van der Waals surface area contributed by atoms with Crippen molar-refractivity contribution in [2.75, 3.05) is 20.3 Å². The topological polar surface area (TPSA) is 84.9 Å². The van der Waals surface area contributed by atoms with Crippen LogP contribution in [0.3, 0.4) is 0 Å². The molecule has 1 amide bonds. The third-order valence-corrected chi connectivity index (χ3v) is 2.39. The lowest BCUT2D eigenvalue weighted by Crippen LogP contribution is -2.39. The van der Waals surface area contributed by atoms with Crippen LogP contribution < -0.4 is 5.32 Å². The Kier molecular flexibility index (Phi) is 6.56. The van der Waals surface area contributed by atoms with Gasteiger partial charge in [-0.15, -0.1) is 0 Å². The average Bonchev–Trinajstić information content (AvgIpc) is 2.40. The standard InChI is InChI=1S/C13H17NO5/c1-18-11(13(16)17)7-14-12(15)9-19-8-10-5-3-2-4-6-10/h2-6,11H,7-9H2,1H3,(H,14,15)(H,16,17). The van der Waals surface area contributed by atoms with Crippen molar-refractivity contribution in [1.82, 2.24) is 5.32 Å². The third-order valence-electron chi connectivity index (χ3n) is 2.39. The van der Waals surface area contributed by atoms with E-state index in [0.29, 0.717) is 6.61 Å². The van der Waals surface area contributed by atoms with Crippen molar-refractivity contribution in [2.24, 2.45) is 0 Å². The van der Waals surface area contributed by atoms with E-state index in [1.54, 1.807) is 0 Å². The van der Waals surface area contributed by atoms with E-state index >= 15 is 0 Å². The van der Waals surface area contributed by atoms with Gasteiger partial charge in [-0.25, -0.2) is 4.79 Å². The number of rotatable bonds is 8. The third kappa shape index (κ3) is 5.98. The van der Waals surface area contributed by atoms with Gasteiger partial charge in [0.1, 0.15) is 6.61 Å². The average molecular weight is 267 g/mol. The zero-order valence-electron chi connectivity index (χ0n) is 10.7. The van der Waals surface area contributed by atoms with Crippen LogP contribution in [0.2, 0.25) is 0 Å². The van der Waals surface area contributed by atoms with Gasteiger partial charge in [0, 0.05) is 7.11 Å². The van der Waals surface area contributed by atoms with Gasteiger partial charge in [0.25, 0.3) is 0 Å². The fourth-order valence-corrected chi connectivity index (χ4v) is 1.36. The van der Waals surface area contributed by atoms with E-state index < -0.39 is 12.1 Å². The van der Waals surface area contributed by atoms with Crippen LogP contribution in [0.4, 0.5) is 0 Å². The molecule has 19 heavy (non-hydrogen) atoms. The largest absolute Gasteiger partial charge is 0.479 e. The summed E-state index contributed by atoms with van der Waals surface area (Å²) < 4.78 is 9.89. The number of aliphatic carboxylic acids is 1. The van der Waals surface area contributed by atoms with E-state index in [1.807, 2.05) is 30.3 Å². The first-order valence-corrected chi connectivity index (χ1v) is 5.77. The number of nitrogens with one attached hydrogen (secondary N) is 1. The van der Waals surface area contributed by atoms with Crippen molar-refractivity contribution in [1.29, 1.82) is 0 Å². The number of hydrogen-bond acceptors (Lipinski definition) is 4. The van der Waals surface area contributed by atoms with Gasteiger partial charge in [0.2, 0.25) is 5.91 Å². The highest BCUT2D eigenvalue weighted by Crippen LogP contribution is 1.99. The second-order valence-electron chi connectivity index (χ2n) is 3.85. The summed E-state index contributed by atoms with van der Waals surface area (Å²) in [6.45, 7) is 0.130. The Morgan fingerprint density at radius 1 is 1.32 bits per heavy atom. The first-order valence-electron chi connectivity index (χ1n) is 5.77. The lowest BCUT2D eigenvalue weighted by molar-refractivity contribution is -0.148. The second kappa shape index (κ2) is 8.23. The number of ether oxygens (including phenoxy) is 2. The van der Waals surface area contributed by atoms with Crippen molar-refractivity contribution in [3.63, 3.8) is 0 Å². The smallest absolute Gasteiger partial charge is 0.334 e. The SMILES string of the molecule is COC(CNC(=O)COCc1ccccc1)C(=O)O. The van der Waals surface area contributed by atoms with Crippen LogP contribution in [0, 0.1) is 0 Å². The number of carbonyl (C=O) groups excluding carboxylic acids is 1. The molecule has 0 aliphatic heterocycles. The number of hydrogen-bond donors (Lipinski definition) is 2. The quantitative estimate of drug-likeness (QED) is 0.713. The van der Waals surface area contributed by atoms with Crippen molar-refractivity contribution in [3.05, 3.63) is 35.9 Å². The Morgan fingerprint density at radius 3 is 2.58 bits per heavy atom. The van der Waals surface area contributed by atoms with Crippen molar-refractivity contribution >= 4 is 11.9 Å². The van der Waals surface area contributed by atoms with Crippen LogP contribution >= 0.6 is 0 Å². The van der Waals surface area contributed by atoms with Crippen LogP contribution in [-0.4, -0.2) is 43.3 Å². The van der Waals surface area contributed by atoms with Crippen LogP contribution in [0.15, 0.2) is 30.3 Å². The minimum absolute atomic E-state index is 0.0840. The van der Waals surface area contributed by atoms with Gasteiger partial charge in [0.15, 0.2) is 6.10 Å². The molecule has 1 unspecified atom stereocenters. The molecular weight excluding hydrogens is 250 g/mol. The molecular formula is C13H17NO5.